The van der Waals surface area contributed by atoms with Crippen molar-refractivity contribution in [1.82, 2.24) is 5.32 Å². The van der Waals surface area contributed by atoms with E-state index < -0.39 is 36.9 Å². The molecule has 0 radical (unpaired) electrons. The van der Waals surface area contributed by atoms with Gasteiger partial charge in [-0.25, -0.2) is 0 Å². The third kappa shape index (κ3) is 3.78. The Labute approximate surface area is 146 Å². The number of hydrogen-bond donors (Lipinski definition) is 2. The molecule has 2 heterocycles. The Morgan fingerprint density at radius 2 is 1.96 bits per heavy atom. The molecule has 1 unspecified atom stereocenters. The minimum absolute atomic E-state index is 0.241. The molecule has 2 aliphatic rings. The molecule has 0 aliphatic carbocycles. The van der Waals surface area contributed by atoms with Crippen molar-refractivity contribution < 1.29 is 33.6 Å². The van der Waals surface area contributed by atoms with Gasteiger partial charge in [0, 0.05) is 19.6 Å². The number of nitrogens with one attached hydrogen (secondary N) is 1. The Balaban J connectivity index is 1.74. The number of fused-ring (bicyclic) bond motifs is 1. The molecule has 8 heteroatoms. The molecule has 1 aromatic carbocycles. The summed E-state index contributed by atoms with van der Waals surface area (Å²) in [4.78, 5) is 11.4. The average molecular weight is 353 g/mol. The summed E-state index contributed by atoms with van der Waals surface area (Å²) in [6.07, 6.45) is -3.53. The zero-order valence-corrected chi connectivity index (χ0v) is 14.4. The zero-order chi connectivity index (χ0) is 18.0. The Hall–Kier alpha value is -1.71. The molecular formula is C17H23NO7. The van der Waals surface area contributed by atoms with E-state index >= 15 is 0 Å². The number of carbonyl (C=O) groups excluding carboxylic acids is 1. The molecule has 8 nitrogen and oxygen atoms in total. The first-order valence-electron chi connectivity index (χ1n) is 8.08. The maximum Gasteiger partial charge on any atom is 0.217 e. The van der Waals surface area contributed by atoms with E-state index in [0.29, 0.717) is 0 Å². The molecule has 1 aromatic rings. The third-order valence-electron chi connectivity index (χ3n) is 4.36. The van der Waals surface area contributed by atoms with E-state index in [4.69, 9.17) is 23.7 Å². The largest absolute Gasteiger partial charge is 0.497 e. The number of methoxy groups -OCH3 is 2. The van der Waals surface area contributed by atoms with Gasteiger partial charge < -0.3 is 34.1 Å². The van der Waals surface area contributed by atoms with Crippen molar-refractivity contribution in [2.75, 3.05) is 20.8 Å². The molecule has 0 aromatic heterocycles. The van der Waals surface area contributed by atoms with E-state index in [1.807, 2.05) is 24.3 Å². The van der Waals surface area contributed by atoms with Crippen molar-refractivity contribution in [3.05, 3.63) is 29.8 Å². The van der Waals surface area contributed by atoms with Gasteiger partial charge >= 0.3 is 0 Å². The second kappa shape index (κ2) is 7.67. The van der Waals surface area contributed by atoms with E-state index in [9.17, 15) is 9.90 Å². The van der Waals surface area contributed by atoms with E-state index in [-0.39, 0.29) is 12.5 Å². The van der Waals surface area contributed by atoms with Crippen LogP contribution in [0.2, 0.25) is 0 Å². The zero-order valence-electron chi connectivity index (χ0n) is 14.4. The molecule has 0 spiro atoms. The third-order valence-corrected chi connectivity index (χ3v) is 4.36. The van der Waals surface area contributed by atoms with Crippen LogP contribution in [0, 0.1) is 0 Å². The van der Waals surface area contributed by atoms with Crippen LogP contribution < -0.4 is 10.1 Å². The highest BCUT2D eigenvalue weighted by atomic mass is 16.7. The lowest BCUT2D eigenvalue weighted by atomic mass is 9.95. The van der Waals surface area contributed by atoms with Gasteiger partial charge in [0.25, 0.3) is 0 Å². The SMILES string of the molecule is COc1ccc(C2OC[C@H]3O[C@H](OC)[C@H](NC(C)=O)[C@@H](O)[C@H]3O2)cc1. The van der Waals surface area contributed by atoms with Crippen LogP contribution in [0.5, 0.6) is 5.75 Å². The molecular weight excluding hydrogens is 330 g/mol. The van der Waals surface area contributed by atoms with Crippen LogP contribution in [0.25, 0.3) is 0 Å². The quantitative estimate of drug-likeness (QED) is 0.806. The molecule has 2 saturated heterocycles. The predicted octanol–water partition coefficient (Wildman–Crippen LogP) is 0.346. The van der Waals surface area contributed by atoms with Crippen LogP contribution in [-0.4, -0.2) is 62.5 Å². The molecule has 138 valence electrons. The fourth-order valence-corrected chi connectivity index (χ4v) is 3.11. The molecule has 1 amide bonds. The van der Waals surface area contributed by atoms with Crippen molar-refractivity contribution in [3.63, 3.8) is 0 Å². The van der Waals surface area contributed by atoms with E-state index in [1.165, 1.54) is 14.0 Å². The standard InChI is InChI=1S/C17H23NO7/c1-9(19)18-13-14(20)15-12(24-17(13)22-3)8-23-16(25-15)10-4-6-11(21-2)7-5-10/h4-7,12-17,20H,8H2,1-3H3,(H,18,19)/t12-,13-,14-,15+,16?,17+/m1/s1. The van der Waals surface area contributed by atoms with Gasteiger partial charge in [0.1, 0.15) is 30.1 Å². The topological polar surface area (TPSA) is 95.5 Å². The lowest BCUT2D eigenvalue weighted by molar-refractivity contribution is -0.341. The van der Waals surface area contributed by atoms with Crippen LogP contribution in [0.1, 0.15) is 18.8 Å². The summed E-state index contributed by atoms with van der Waals surface area (Å²) in [5.41, 5.74) is 0.802. The Morgan fingerprint density at radius 1 is 1.24 bits per heavy atom. The molecule has 25 heavy (non-hydrogen) atoms. The van der Waals surface area contributed by atoms with Gasteiger partial charge in [0.2, 0.25) is 5.91 Å². The number of rotatable bonds is 4. The van der Waals surface area contributed by atoms with E-state index in [2.05, 4.69) is 5.32 Å². The summed E-state index contributed by atoms with van der Waals surface area (Å²) >= 11 is 0. The van der Waals surface area contributed by atoms with Crippen LogP contribution in [-0.2, 0) is 23.7 Å². The monoisotopic (exact) mass is 353 g/mol. The van der Waals surface area contributed by atoms with Crippen LogP contribution in [0.15, 0.2) is 24.3 Å². The normalized spacial score (nSPS) is 34.9. The predicted molar refractivity (Wildman–Crippen MR) is 85.8 cm³/mol. The lowest BCUT2D eigenvalue weighted by Gasteiger charge is -2.47. The summed E-state index contributed by atoms with van der Waals surface area (Å²) in [7, 11) is 3.05. The number of hydrogen-bond acceptors (Lipinski definition) is 7. The maximum atomic E-state index is 11.4. The number of benzene rings is 1. The molecule has 2 N–H and O–H groups in total. The van der Waals surface area contributed by atoms with Gasteiger partial charge in [0.15, 0.2) is 12.6 Å². The van der Waals surface area contributed by atoms with Crippen LogP contribution in [0.4, 0.5) is 0 Å². The first kappa shape index (κ1) is 18.1. The van der Waals surface area contributed by atoms with Crippen molar-refractivity contribution in [2.45, 2.75) is 43.9 Å². The summed E-state index contributed by atoms with van der Waals surface area (Å²) in [6.45, 7) is 1.61. The molecule has 6 atom stereocenters. The second-order valence-electron chi connectivity index (χ2n) is 6.03. The smallest absolute Gasteiger partial charge is 0.217 e. The summed E-state index contributed by atoms with van der Waals surface area (Å²) in [6, 6.07) is 6.57. The van der Waals surface area contributed by atoms with E-state index in [0.717, 1.165) is 11.3 Å². The van der Waals surface area contributed by atoms with Gasteiger partial charge in [0.05, 0.1) is 13.7 Å². The lowest BCUT2D eigenvalue weighted by Crippen LogP contribution is -2.66. The van der Waals surface area contributed by atoms with Gasteiger partial charge in [-0.3, -0.25) is 4.79 Å². The minimum Gasteiger partial charge on any atom is -0.497 e. The van der Waals surface area contributed by atoms with Gasteiger partial charge in [-0.15, -0.1) is 0 Å². The Kier molecular flexibility index (Phi) is 5.55. The molecule has 2 aliphatic heterocycles. The number of aliphatic hydroxyl groups excluding tert-OH is 1. The number of ether oxygens (including phenoxy) is 5. The molecule has 3 rings (SSSR count). The number of aliphatic hydroxyl groups is 1. The van der Waals surface area contributed by atoms with Crippen molar-refractivity contribution >= 4 is 5.91 Å². The molecule has 0 bridgehead atoms. The fraction of sp³-hybridized carbons (Fsp3) is 0.588. The Bertz CT molecular complexity index is 593. The molecule has 2 fully saturated rings. The maximum absolute atomic E-state index is 11.4. The first-order valence-corrected chi connectivity index (χ1v) is 8.08. The highest BCUT2D eigenvalue weighted by Gasteiger charge is 2.49. The van der Waals surface area contributed by atoms with Crippen molar-refractivity contribution in [3.8, 4) is 5.75 Å². The van der Waals surface area contributed by atoms with Crippen LogP contribution in [0.3, 0.4) is 0 Å². The Morgan fingerprint density at radius 3 is 2.56 bits per heavy atom. The molecule has 0 saturated carbocycles. The second-order valence-corrected chi connectivity index (χ2v) is 6.03. The fourth-order valence-electron chi connectivity index (χ4n) is 3.11. The van der Waals surface area contributed by atoms with Crippen molar-refractivity contribution in [1.29, 1.82) is 0 Å². The average Bonchev–Trinajstić information content (AvgIpc) is 2.63. The summed E-state index contributed by atoms with van der Waals surface area (Å²) < 4.78 is 27.8. The van der Waals surface area contributed by atoms with Gasteiger partial charge in [-0.05, 0) is 12.1 Å². The highest BCUT2D eigenvalue weighted by Crippen LogP contribution is 2.34. The minimum atomic E-state index is -0.989. The highest BCUT2D eigenvalue weighted by molar-refractivity contribution is 5.73. The summed E-state index contributed by atoms with van der Waals surface area (Å²) in [5, 5.41) is 13.3. The first-order chi connectivity index (χ1) is 12.0. The van der Waals surface area contributed by atoms with Gasteiger partial charge in [-0.1, -0.05) is 12.1 Å². The van der Waals surface area contributed by atoms with Crippen LogP contribution >= 0.6 is 0 Å². The summed E-state index contributed by atoms with van der Waals surface area (Å²) in [5.74, 6) is 0.444. The number of carbonyl (C=O) groups is 1. The van der Waals surface area contributed by atoms with E-state index in [1.54, 1.807) is 7.11 Å². The van der Waals surface area contributed by atoms with Gasteiger partial charge in [-0.2, -0.15) is 0 Å². The van der Waals surface area contributed by atoms with Crippen molar-refractivity contribution in [2.24, 2.45) is 0 Å². The number of amides is 1.